The number of benzene rings is 1. The van der Waals surface area contributed by atoms with E-state index in [0.29, 0.717) is 6.42 Å². The third-order valence-corrected chi connectivity index (χ3v) is 4.65. The molecule has 2 nitrogen and oxygen atoms in total. The Kier molecular flexibility index (Phi) is 2.22. The first-order valence-electron chi connectivity index (χ1n) is 6.43. The smallest absolute Gasteiger partial charge is 0.159 e. The summed E-state index contributed by atoms with van der Waals surface area (Å²) in [5.41, 5.74) is 4.73. The largest absolute Gasteiger partial charge is 0.488 e. The van der Waals surface area contributed by atoms with Crippen molar-refractivity contribution in [2.24, 2.45) is 0 Å². The summed E-state index contributed by atoms with van der Waals surface area (Å²) in [6.07, 6.45) is 2.23. The molecule has 1 aromatic carbocycles. The van der Waals surface area contributed by atoms with Crippen molar-refractivity contribution < 1.29 is 9.53 Å². The molecular formula is C16H18O2. The summed E-state index contributed by atoms with van der Waals surface area (Å²) < 4.78 is 6.03. The minimum Gasteiger partial charge on any atom is -0.488 e. The number of carbonyl (C=O) groups excluding carboxylic acids is 1. The topological polar surface area (TPSA) is 26.3 Å². The third-order valence-electron chi connectivity index (χ3n) is 4.65. The van der Waals surface area contributed by atoms with Crippen LogP contribution in [0.15, 0.2) is 23.8 Å². The molecule has 1 aliphatic carbocycles. The number of fused-ring (bicyclic) bond motifs is 3. The van der Waals surface area contributed by atoms with Crippen LogP contribution in [0.1, 0.15) is 37.0 Å². The van der Waals surface area contributed by atoms with Gasteiger partial charge in [0.05, 0.1) is 5.41 Å². The van der Waals surface area contributed by atoms with Gasteiger partial charge in [-0.25, -0.2) is 0 Å². The number of hydrogen-bond donors (Lipinski definition) is 0. The molecule has 3 rings (SSSR count). The molecule has 2 heteroatoms. The van der Waals surface area contributed by atoms with Crippen molar-refractivity contribution in [3.63, 3.8) is 0 Å². The zero-order valence-electron chi connectivity index (χ0n) is 11.3. The molecule has 2 unspecified atom stereocenters. The zero-order valence-corrected chi connectivity index (χ0v) is 11.3. The second-order valence-electron chi connectivity index (χ2n) is 5.74. The molecule has 0 bridgehead atoms. The van der Waals surface area contributed by atoms with Crippen LogP contribution in [0.25, 0.3) is 0 Å². The highest BCUT2D eigenvalue weighted by Crippen LogP contribution is 2.50. The molecule has 2 aliphatic rings. The van der Waals surface area contributed by atoms with Gasteiger partial charge in [0, 0.05) is 12.0 Å². The maximum atomic E-state index is 11.7. The van der Waals surface area contributed by atoms with E-state index in [1.54, 1.807) is 6.08 Å². The Balaban J connectivity index is 2.22. The predicted octanol–water partition coefficient (Wildman–Crippen LogP) is 3.24. The molecule has 1 aliphatic heterocycles. The maximum Gasteiger partial charge on any atom is 0.159 e. The Morgan fingerprint density at radius 1 is 1.22 bits per heavy atom. The molecule has 0 amide bonds. The van der Waals surface area contributed by atoms with E-state index in [1.807, 2.05) is 6.92 Å². The lowest BCUT2D eigenvalue weighted by atomic mass is 9.68. The average Bonchev–Trinajstić information content (AvgIpc) is 2.55. The van der Waals surface area contributed by atoms with E-state index in [1.165, 1.54) is 16.7 Å². The molecule has 0 N–H and O–H groups in total. The highest BCUT2D eigenvalue weighted by molar-refractivity contribution is 5.93. The van der Waals surface area contributed by atoms with Crippen LogP contribution in [-0.4, -0.2) is 11.9 Å². The van der Waals surface area contributed by atoms with E-state index >= 15 is 0 Å². The Morgan fingerprint density at radius 3 is 2.61 bits per heavy atom. The normalized spacial score (nSPS) is 29.4. The first-order valence-corrected chi connectivity index (χ1v) is 6.43. The van der Waals surface area contributed by atoms with Crippen LogP contribution < -0.4 is 4.74 Å². The SMILES string of the molecule is CC1=CC(=O)CC2Oc3cc(C)c(C)cc3C12C. The van der Waals surface area contributed by atoms with Crippen molar-refractivity contribution in [1.82, 2.24) is 0 Å². The first kappa shape index (κ1) is 11.5. The summed E-state index contributed by atoms with van der Waals surface area (Å²) in [7, 11) is 0. The van der Waals surface area contributed by atoms with Crippen LogP contribution in [0.3, 0.4) is 0 Å². The fourth-order valence-electron chi connectivity index (χ4n) is 3.08. The average molecular weight is 242 g/mol. The summed E-state index contributed by atoms with van der Waals surface area (Å²) in [5, 5.41) is 0. The van der Waals surface area contributed by atoms with Gasteiger partial charge in [0.15, 0.2) is 5.78 Å². The predicted molar refractivity (Wildman–Crippen MR) is 71.1 cm³/mol. The molecule has 18 heavy (non-hydrogen) atoms. The van der Waals surface area contributed by atoms with Crippen molar-refractivity contribution in [3.05, 3.63) is 40.5 Å². The van der Waals surface area contributed by atoms with Crippen LogP contribution in [0.5, 0.6) is 5.75 Å². The fraction of sp³-hybridized carbons (Fsp3) is 0.438. The monoisotopic (exact) mass is 242 g/mol. The molecule has 1 aromatic rings. The lowest BCUT2D eigenvalue weighted by Gasteiger charge is -2.34. The van der Waals surface area contributed by atoms with Gasteiger partial charge in [0.2, 0.25) is 0 Å². The molecular weight excluding hydrogens is 224 g/mol. The van der Waals surface area contributed by atoms with Gasteiger partial charge < -0.3 is 4.74 Å². The van der Waals surface area contributed by atoms with Crippen molar-refractivity contribution in [2.45, 2.75) is 45.6 Å². The fourth-order valence-corrected chi connectivity index (χ4v) is 3.08. The molecule has 0 radical (unpaired) electrons. The van der Waals surface area contributed by atoms with Gasteiger partial charge in [0.25, 0.3) is 0 Å². The molecule has 0 fully saturated rings. The number of carbonyl (C=O) groups is 1. The van der Waals surface area contributed by atoms with Gasteiger partial charge in [-0.1, -0.05) is 11.6 Å². The van der Waals surface area contributed by atoms with Gasteiger partial charge in [-0.05, 0) is 51.0 Å². The number of allylic oxidation sites excluding steroid dienone is 1. The summed E-state index contributed by atoms with van der Waals surface area (Å²) >= 11 is 0. The number of rotatable bonds is 0. The molecule has 1 heterocycles. The summed E-state index contributed by atoms with van der Waals surface area (Å²) in [6.45, 7) is 8.45. The lowest BCUT2D eigenvalue weighted by Crippen LogP contribution is -2.41. The minimum atomic E-state index is -0.137. The van der Waals surface area contributed by atoms with Crippen molar-refractivity contribution in [2.75, 3.05) is 0 Å². The second-order valence-corrected chi connectivity index (χ2v) is 5.74. The zero-order chi connectivity index (χ0) is 13.1. The molecule has 0 spiro atoms. The number of hydrogen-bond acceptors (Lipinski definition) is 2. The Hall–Kier alpha value is -1.57. The quantitative estimate of drug-likeness (QED) is 0.698. The van der Waals surface area contributed by atoms with Crippen LogP contribution >= 0.6 is 0 Å². The Labute approximate surface area is 108 Å². The van der Waals surface area contributed by atoms with E-state index < -0.39 is 0 Å². The van der Waals surface area contributed by atoms with Crippen molar-refractivity contribution in [3.8, 4) is 5.75 Å². The summed E-state index contributed by atoms with van der Waals surface area (Å²) in [4.78, 5) is 11.7. The molecule has 0 aromatic heterocycles. The van der Waals surface area contributed by atoms with Gasteiger partial charge in [-0.2, -0.15) is 0 Å². The van der Waals surface area contributed by atoms with Crippen LogP contribution in [0.4, 0.5) is 0 Å². The molecule has 0 saturated heterocycles. The van der Waals surface area contributed by atoms with E-state index in [2.05, 4.69) is 32.9 Å². The van der Waals surface area contributed by atoms with Gasteiger partial charge >= 0.3 is 0 Å². The Morgan fingerprint density at radius 2 is 1.89 bits per heavy atom. The van der Waals surface area contributed by atoms with Crippen molar-refractivity contribution in [1.29, 1.82) is 0 Å². The molecule has 0 saturated carbocycles. The van der Waals surface area contributed by atoms with E-state index in [-0.39, 0.29) is 17.3 Å². The summed E-state index contributed by atoms with van der Waals surface area (Å²) in [5.74, 6) is 1.13. The van der Waals surface area contributed by atoms with E-state index in [4.69, 9.17) is 4.74 Å². The highest BCUT2D eigenvalue weighted by atomic mass is 16.5. The van der Waals surface area contributed by atoms with Crippen LogP contribution in [0.2, 0.25) is 0 Å². The third kappa shape index (κ3) is 1.32. The van der Waals surface area contributed by atoms with Gasteiger partial charge in [0.1, 0.15) is 11.9 Å². The van der Waals surface area contributed by atoms with Crippen LogP contribution in [-0.2, 0) is 10.2 Å². The standard InChI is InChI=1S/C16H18O2/c1-9-5-13-14(6-10(9)2)18-15-8-12(17)7-11(3)16(13,15)4/h5-7,15H,8H2,1-4H3. The van der Waals surface area contributed by atoms with Gasteiger partial charge in [-0.15, -0.1) is 0 Å². The Bertz CT molecular complexity index is 583. The number of aryl methyl sites for hydroxylation is 2. The maximum absolute atomic E-state index is 11.7. The van der Waals surface area contributed by atoms with E-state index in [9.17, 15) is 4.79 Å². The van der Waals surface area contributed by atoms with Crippen molar-refractivity contribution >= 4 is 5.78 Å². The number of ketones is 1. The minimum absolute atomic E-state index is 0.0359. The van der Waals surface area contributed by atoms with Crippen LogP contribution in [0, 0.1) is 13.8 Å². The van der Waals surface area contributed by atoms with Gasteiger partial charge in [-0.3, -0.25) is 4.79 Å². The molecule has 2 atom stereocenters. The first-order chi connectivity index (χ1) is 8.42. The second kappa shape index (κ2) is 3.47. The number of ether oxygens (including phenoxy) is 1. The summed E-state index contributed by atoms with van der Waals surface area (Å²) in [6, 6.07) is 4.32. The highest BCUT2D eigenvalue weighted by Gasteiger charge is 2.49. The van der Waals surface area contributed by atoms with E-state index in [0.717, 1.165) is 11.3 Å². The lowest BCUT2D eigenvalue weighted by molar-refractivity contribution is -0.117. The molecule has 94 valence electrons.